The highest BCUT2D eigenvalue weighted by Crippen LogP contribution is 2.12. The third-order valence-electron chi connectivity index (χ3n) is 1.69. The number of amides is 1. The lowest BCUT2D eigenvalue weighted by atomic mass is 10.3. The highest BCUT2D eigenvalue weighted by Gasteiger charge is 2.07. The zero-order chi connectivity index (χ0) is 10.7. The van der Waals surface area contributed by atoms with Crippen molar-refractivity contribution in [2.24, 2.45) is 0 Å². The van der Waals surface area contributed by atoms with Crippen LogP contribution in [0.5, 0.6) is 0 Å². The molecule has 0 saturated heterocycles. The molecule has 2 rings (SSSR count). The second-order valence-electron chi connectivity index (χ2n) is 2.92. The third kappa shape index (κ3) is 2.84. The summed E-state index contributed by atoms with van der Waals surface area (Å²) in [5, 5.41) is 8.04. The van der Waals surface area contributed by atoms with Crippen molar-refractivity contribution in [2.45, 2.75) is 13.3 Å². The van der Waals surface area contributed by atoms with Gasteiger partial charge in [-0.2, -0.15) is 0 Å². The molecule has 0 unspecified atom stereocenters. The number of carbonyl (C=O) groups is 1. The number of anilines is 1. The monoisotopic (exact) mass is 239 g/mol. The van der Waals surface area contributed by atoms with Crippen molar-refractivity contribution < 1.29 is 4.79 Å². The first kappa shape index (κ1) is 10.3. The third-order valence-corrected chi connectivity index (χ3v) is 3.20. The van der Waals surface area contributed by atoms with Gasteiger partial charge in [-0.3, -0.25) is 4.79 Å². The topological polar surface area (TPSA) is 54.9 Å². The van der Waals surface area contributed by atoms with Gasteiger partial charge in [0.15, 0.2) is 5.13 Å². The van der Waals surface area contributed by atoms with E-state index in [9.17, 15) is 4.79 Å². The summed E-state index contributed by atoms with van der Waals surface area (Å²) in [6, 6.07) is 0. The van der Waals surface area contributed by atoms with Gasteiger partial charge in [-0.15, -0.1) is 22.7 Å². The van der Waals surface area contributed by atoms with E-state index < -0.39 is 0 Å². The molecular formula is C9H9N3OS2. The van der Waals surface area contributed by atoms with Gasteiger partial charge in [0.05, 0.1) is 17.1 Å². The van der Waals surface area contributed by atoms with Crippen LogP contribution >= 0.6 is 22.7 Å². The molecule has 6 heteroatoms. The summed E-state index contributed by atoms with van der Waals surface area (Å²) < 4.78 is 0. The average Bonchev–Trinajstić information content (AvgIpc) is 2.77. The lowest BCUT2D eigenvalue weighted by molar-refractivity contribution is -0.115. The van der Waals surface area contributed by atoms with E-state index in [0.717, 1.165) is 10.7 Å². The Morgan fingerprint density at radius 1 is 1.53 bits per heavy atom. The first-order valence-electron chi connectivity index (χ1n) is 4.34. The van der Waals surface area contributed by atoms with Crippen molar-refractivity contribution in [2.75, 3.05) is 5.32 Å². The molecule has 0 spiro atoms. The summed E-state index contributed by atoms with van der Waals surface area (Å²) in [5.74, 6) is -0.0738. The number of nitrogens with one attached hydrogen (secondary N) is 1. The van der Waals surface area contributed by atoms with E-state index in [0.29, 0.717) is 11.6 Å². The standard InChI is InChI=1S/C9H9N3OS2/c1-6-11-7(5-15-6)4-8(13)12-9-10-2-3-14-9/h2-3,5H,4H2,1H3,(H,10,12,13). The van der Waals surface area contributed by atoms with Gasteiger partial charge in [-0.25, -0.2) is 9.97 Å². The number of hydrogen-bond acceptors (Lipinski definition) is 5. The summed E-state index contributed by atoms with van der Waals surface area (Å²) in [5.41, 5.74) is 0.812. The van der Waals surface area contributed by atoms with Crippen LogP contribution in [0.4, 0.5) is 5.13 Å². The van der Waals surface area contributed by atoms with Gasteiger partial charge >= 0.3 is 0 Å². The van der Waals surface area contributed by atoms with Crippen LogP contribution in [0.15, 0.2) is 17.0 Å². The normalized spacial score (nSPS) is 10.2. The van der Waals surface area contributed by atoms with Crippen LogP contribution in [0.2, 0.25) is 0 Å². The van der Waals surface area contributed by atoms with Crippen molar-refractivity contribution >= 4 is 33.7 Å². The summed E-state index contributed by atoms with van der Waals surface area (Å²) in [4.78, 5) is 19.7. The lowest BCUT2D eigenvalue weighted by Gasteiger charge is -1.98. The first-order valence-corrected chi connectivity index (χ1v) is 6.10. The summed E-state index contributed by atoms with van der Waals surface area (Å²) in [6.07, 6.45) is 1.97. The highest BCUT2D eigenvalue weighted by atomic mass is 32.1. The summed E-state index contributed by atoms with van der Waals surface area (Å²) >= 11 is 2.96. The fourth-order valence-corrected chi connectivity index (χ4v) is 2.26. The minimum Gasteiger partial charge on any atom is -0.302 e. The molecule has 2 aromatic heterocycles. The molecule has 0 aliphatic carbocycles. The van der Waals surface area contributed by atoms with Crippen molar-refractivity contribution in [1.29, 1.82) is 0 Å². The SMILES string of the molecule is Cc1nc(CC(=O)Nc2nccs2)cs1. The van der Waals surface area contributed by atoms with Gasteiger partial charge < -0.3 is 5.32 Å². The van der Waals surface area contributed by atoms with Gasteiger partial charge in [0.2, 0.25) is 5.91 Å². The second kappa shape index (κ2) is 4.50. The van der Waals surface area contributed by atoms with Crippen LogP contribution in [0.3, 0.4) is 0 Å². The minimum atomic E-state index is -0.0738. The Bertz CT molecular complexity index is 450. The molecule has 0 aliphatic heterocycles. The summed E-state index contributed by atoms with van der Waals surface area (Å²) in [6.45, 7) is 1.92. The van der Waals surface area contributed by atoms with Crippen molar-refractivity contribution in [1.82, 2.24) is 9.97 Å². The summed E-state index contributed by atoms with van der Waals surface area (Å²) in [7, 11) is 0. The molecule has 0 atom stereocenters. The predicted octanol–water partition coefficient (Wildman–Crippen LogP) is 2.09. The molecule has 2 aromatic rings. The Labute approximate surface area is 95.0 Å². The number of aromatic nitrogens is 2. The maximum Gasteiger partial charge on any atom is 0.232 e. The Morgan fingerprint density at radius 2 is 2.40 bits per heavy atom. The smallest absolute Gasteiger partial charge is 0.232 e. The van der Waals surface area contributed by atoms with Crippen LogP contribution in [0, 0.1) is 6.92 Å². The molecule has 2 heterocycles. The first-order chi connectivity index (χ1) is 7.24. The fourth-order valence-electron chi connectivity index (χ4n) is 1.10. The number of aryl methyl sites for hydroxylation is 1. The molecule has 0 saturated carbocycles. The number of thiazole rings is 2. The quantitative estimate of drug-likeness (QED) is 0.892. The molecule has 1 N–H and O–H groups in total. The molecule has 0 aromatic carbocycles. The number of nitrogens with zero attached hydrogens (tertiary/aromatic N) is 2. The van der Waals surface area contributed by atoms with E-state index in [-0.39, 0.29) is 5.91 Å². The van der Waals surface area contributed by atoms with Crippen molar-refractivity contribution in [3.05, 3.63) is 27.7 Å². The maximum absolute atomic E-state index is 11.5. The molecule has 1 amide bonds. The van der Waals surface area contributed by atoms with E-state index >= 15 is 0 Å². The Hall–Kier alpha value is -1.27. The van der Waals surface area contributed by atoms with Crippen LogP contribution in [-0.2, 0) is 11.2 Å². The number of carbonyl (C=O) groups excluding carboxylic acids is 1. The van der Waals surface area contributed by atoms with Gasteiger partial charge in [0, 0.05) is 17.0 Å². The molecule has 0 aliphatic rings. The highest BCUT2D eigenvalue weighted by molar-refractivity contribution is 7.13. The van der Waals surface area contributed by atoms with Crippen LogP contribution < -0.4 is 5.32 Å². The zero-order valence-electron chi connectivity index (χ0n) is 8.06. The number of hydrogen-bond donors (Lipinski definition) is 1. The van der Waals surface area contributed by atoms with Gasteiger partial charge in [0.1, 0.15) is 0 Å². The molecule has 0 fully saturated rings. The Kier molecular flexibility index (Phi) is 3.08. The fraction of sp³-hybridized carbons (Fsp3) is 0.222. The minimum absolute atomic E-state index is 0.0738. The van der Waals surface area contributed by atoms with Gasteiger partial charge in [-0.05, 0) is 6.92 Å². The maximum atomic E-state index is 11.5. The molecule has 4 nitrogen and oxygen atoms in total. The zero-order valence-corrected chi connectivity index (χ0v) is 9.69. The van der Waals surface area contributed by atoms with E-state index in [4.69, 9.17) is 0 Å². The predicted molar refractivity (Wildman–Crippen MR) is 61.3 cm³/mol. The van der Waals surface area contributed by atoms with E-state index in [1.807, 2.05) is 17.7 Å². The van der Waals surface area contributed by atoms with E-state index in [1.54, 1.807) is 17.5 Å². The second-order valence-corrected chi connectivity index (χ2v) is 4.88. The van der Waals surface area contributed by atoms with E-state index in [1.165, 1.54) is 11.3 Å². The molecule has 78 valence electrons. The molecule has 0 radical (unpaired) electrons. The molecular weight excluding hydrogens is 230 g/mol. The van der Waals surface area contributed by atoms with Gasteiger partial charge in [0.25, 0.3) is 0 Å². The largest absolute Gasteiger partial charge is 0.302 e. The lowest BCUT2D eigenvalue weighted by Crippen LogP contribution is -2.14. The van der Waals surface area contributed by atoms with Crippen LogP contribution in [-0.4, -0.2) is 15.9 Å². The van der Waals surface area contributed by atoms with Crippen LogP contribution in [0.25, 0.3) is 0 Å². The average molecular weight is 239 g/mol. The van der Waals surface area contributed by atoms with Crippen molar-refractivity contribution in [3.63, 3.8) is 0 Å². The van der Waals surface area contributed by atoms with Crippen molar-refractivity contribution in [3.8, 4) is 0 Å². The Balaban J connectivity index is 1.93. The molecule has 0 bridgehead atoms. The van der Waals surface area contributed by atoms with Crippen LogP contribution in [0.1, 0.15) is 10.7 Å². The number of rotatable bonds is 3. The molecule has 15 heavy (non-hydrogen) atoms. The van der Waals surface area contributed by atoms with E-state index in [2.05, 4.69) is 15.3 Å². The Morgan fingerprint density at radius 3 is 3.00 bits per heavy atom. The van der Waals surface area contributed by atoms with Gasteiger partial charge in [-0.1, -0.05) is 0 Å².